The molecule has 1 saturated heterocycles. The summed E-state index contributed by atoms with van der Waals surface area (Å²) >= 11 is 0. The molecule has 160 valence electrons. The van der Waals surface area contributed by atoms with Crippen molar-refractivity contribution in [3.8, 4) is 22.5 Å². The summed E-state index contributed by atoms with van der Waals surface area (Å²) in [6, 6.07) is 14.4. The van der Waals surface area contributed by atoms with Crippen molar-refractivity contribution in [3.63, 3.8) is 0 Å². The average Bonchev–Trinajstić information content (AvgIpc) is 3.24. The number of nitrogens with one attached hydrogen (secondary N) is 1. The number of aliphatic imine (C=N–C) groups is 1. The number of Topliss-reactive ketones (excluding diaryl/α,β-unsaturated/α-hetero) is 1. The summed E-state index contributed by atoms with van der Waals surface area (Å²) in [6.07, 6.45) is 4.42. The number of carbonyl (C=O) groups excluding carboxylic acids is 1. The Labute approximate surface area is 183 Å². The van der Waals surface area contributed by atoms with Crippen molar-refractivity contribution in [2.24, 2.45) is 4.99 Å². The molecule has 31 heavy (non-hydrogen) atoms. The van der Waals surface area contributed by atoms with E-state index >= 15 is 0 Å². The minimum atomic E-state index is -0.00381. The number of pyridine rings is 1. The second-order valence-corrected chi connectivity index (χ2v) is 7.74. The maximum absolute atomic E-state index is 12.0. The van der Waals surface area contributed by atoms with Crippen molar-refractivity contribution >= 4 is 17.8 Å². The Morgan fingerprint density at radius 1 is 1.16 bits per heavy atom. The van der Waals surface area contributed by atoms with E-state index in [-0.39, 0.29) is 5.78 Å². The van der Waals surface area contributed by atoms with Crippen LogP contribution in [-0.2, 0) is 11.3 Å². The largest absolute Gasteiger partial charge is 0.379 e. The average molecular weight is 417 g/mol. The highest BCUT2D eigenvalue weighted by atomic mass is 16.5. The van der Waals surface area contributed by atoms with E-state index in [2.05, 4.69) is 44.1 Å². The van der Waals surface area contributed by atoms with Crippen LogP contribution < -0.4 is 0 Å². The molecule has 6 heteroatoms. The lowest BCUT2D eigenvalue weighted by atomic mass is 10.0. The van der Waals surface area contributed by atoms with E-state index in [9.17, 15) is 4.79 Å². The summed E-state index contributed by atoms with van der Waals surface area (Å²) in [6.45, 7) is 8.10. The Morgan fingerprint density at radius 2 is 1.94 bits per heavy atom. The van der Waals surface area contributed by atoms with Gasteiger partial charge in [-0.05, 0) is 37.1 Å². The van der Waals surface area contributed by atoms with Crippen LogP contribution in [0.1, 0.15) is 36.2 Å². The molecule has 0 unspecified atom stereocenters. The van der Waals surface area contributed by atoms with Gasteiger partial charge < -0.3 is 9.72 Å². The zero-order valence-electron chi connectivity index (χ0n) is 18.1. The van der Waals surface area contributed by atoms with Crippen molar-refractivity contribution in [1.29, 1.82) is 0 Å². The summed E-state index contributed by atoms with van der Waals surface area (Å²) in [5, 5.41) is 0. The molecule has 0 atom stereocenters. The zero-order valence-corrected chi connectivity index (χ0v) is 18.1. The number of nitrogens with zero attached hydrogens (tertiary/aromatic N) is 3. The summed E-state index contributed by atoms with van der Waals surface area (Å²) in [4.78, 5) is 26.7. The molecule has 1 aromatic carbocycles. The fourth-order valence-electron chi connectivity index (χ4n) is 3.71. The van der Waals surface area contributed by atoms with Crippen molar-refractivity contribution in [2.45, 2.75) is 26.8 Å². The molecule has 3 heterocycles. The molecule has 0 aliphatic carbocycles. The number of aromatic nitrogens is 2. The number of benzene rings is 1. The summed E-state index contributed by atoms with van der Waals surface area (Å²) in [7, 11) is 0. The standard InChI is InChI=1S/C25H28N4O2/c1-3-9-27-25-22(18(2)30)16-24(28-25)21-8-10-26-23(15-21)20-6-4-19(5-7-20)17-29-11-13-31-14-12-29/h4-10,15-16,28H,3,11-14,17H2,1-2H3/b27-9-. The van der Waals surface area contributed by atoms with E-state index < -0.39 is 0 Å². The van der Waals surface area contributed by atoms with Gasteiger partial charge in [0.2, 0.25) is 0 Å². The van der Waals surface area contributed by atoms with Gasteiger partial charge in [0.05, 0.1) is 24.5 Å². The summed E-state index contributed by atoms with van der Waals surface area (Å²) in [5.41, 5.74) is 5.69. The Balaban J connectivity index is 1.56. The number of aromatic amines is 1. The van der Waals surface area contributed by atoms with Gasteiger partial charge in [0.1, 0.15) is 5.82 Å². The first-order chi connectivity index (χ1) is 15.1. The predicted molar refractivity (Wildman–Crippen MR) is 124 cm³/mol. The Bertz CT molecular complexity index is 1060. The number of morpholine rings is 1. The lowest BCUT2D eigenvalue weighted by Crippen LogP contribution is -2.35. The smallest absolute Gasteiger partial charge is 0.163 e. The molecular weight excluding hydrogens is 388 g/mol. The summed E-state index contributed by atoms with van der Waals surface area (Å²) in [5.74, 6) is 0.603. The zero-order chi connectivity index (χ0) is 21.6. The highest BCUT2D eigenvalue weighted by Crippen LogP contribution is 2.29. The number of H-pyrrole nitrogens is 1. The van der Waals surface area contributed by atoms with Gasteiger partial charge in [-0.15, -0.1) is 0 Å². The molecule has 1 fully saturated rings. The lowest BCUT2D eigenvalue weighted by molar-refractivity contribution is 0.0342. The molecule has 0 bridgehead atoms. The van der Waals surface area contributed by atoms with Gasteiger partial charge in [0.25, 0.3) is 0 Å². The van der Waals surface area contributed by atoms with Crippen LogP contribution in [-0.4, -0.2) is 53.2 Å². The number of carbonyl (C=O) groups is 1. The minimum Gasteiger partial charge on any atom is -0.379 e. The van der Waals surface area contributed by atoms with Crippen LogP contribution in [0.5, 0.6) is 0 Å². The maximum atomic E-state index is 12.0. The lowest BCUT2D eigenvalue weighted by Gasteiger charge is -2.26. The van der Waals surface area contributed by atoms with Gasteiger partial charge in [-0.2, -0.15) is 0 Å². The first-order valence-corrected chi connectivity index (χ1v) is 10.8. The molecule has 4 rings (SSSR count). The van der Waals surface area contributed by atoms with Gasteiger partial charge in [-0.25, -0.2) is 4.99 Å². The SMILES string of the molecule is CC/C=N\c1[nH]c(-c2ccnc(-c3ccc(CN4CCOCC4)cc3)c2)cc1C(C)=O. The summed E-state index contributed by atoms with van der Waals surface area (Å²) < 4.78 is 5.42. The Hall–Kier alpha value is -3.09. The fraction of sp³-hybridized carbons (Fsp3) is 0.320. The van der Waals surface area contributed by atoms with Crippen LogP contribution in [0, 0.1) is 0 Å². The van der Waals surface area contributed by atoms with E-state index in [4.69, 9.17) is 4.74 Å². The molecule has 0 spiro atoms. The molecular formula is C25H28N4O2. The van der Waals surface area contributed by atoms with Crippen LogP contribution in [0.25, 0.3) is 22.5 Å². The van der Waals surface area contributed by atoms with Gasteiger partial charge in [0, 0.05) is 48.9 Å². The molecule has 6 nitrogen and oxygen atoms in total. The third kappa shape index (κ3) is 5.16. The number of hydrogen-bond acceptors (Lipinski definition) is 5. The topological polar surface area (TPSA) is 70.6 Å². The van der Waals surface area contributed by atoms with Gasteiger partial charge in [-0.1, -0.05) is 31.2 Å². The molecule has 1 aliphatic heterocycles. The Kier molecular flexibility index (Phi) is 6.70. The van der Waals surface area contributed by atoms with E-state index in [1.54, 1.807) is 19.3 Å². The van der Waals surface area contributed by atoms with Crippen molar-refractivity contribution < 1.29 is 9.53 Å². The number of rotatable bonds is 7. The first kappa shape index (κ1) is 21.2. The predicted octanol–water partition coefficient (Wildman–Crippen LogP) is 4.89. The second kappa shape index (κ2) is 9.81. The molecule has 0 saturated carbocycles. The van der Waals surface area contributed by atoms with Crippen molar-refractivity contribution in [2.75, 3.05) is 26.3 Å². The van der Waals surface area contributed by atoms with Gasteiger partial charge >= 0.3 is 0 Å². The van der Waals surface area contributed by atoms with Crippen LogP contribution in [0.15, 0.2) is 53.7 Å². The van der Waals surface area contributed by atoms with Crippen LogP contribution in [0.3, 0.4) is 0 Å². The first-order valence-electron chi connectivity index (χ1n) is 10.8. The molecule has 1 aliphatic rings. The molecule has 1 N–H and O–H groups in total. The number of ketones is 1. The highest BCUT2D eigenvalue weighted by molar-refractivity contribution is 6.00. The third-order valence-corrected chi connectivity index (χ3v) is 5.41. The normalized spacial score (nSPS) is 14.9. The molecule has 3 aromatic rings. The van der Waals surface area contributed by atoms with Crippen LogP contribution >= 0.6 is 0 Å². The molecule has 2 aromatic heterocycles. The van der Waals surface area contributed by atoms with Crippen molar-refractivity contribution in [3.05, 3.63) is 59.8 Å². The minimum absolute atomic E-state index is 0.00381. The third-order valence-electron chi connectivity index (χ3n) is 5.41. The number of ether oxygens (including phenoxy) is 1. The van der Waals surface area contributed by atoms with E-state index in [1.807, 2.05) is 25.1 Å². The van der Waals surface area contributed by atoms with E-state index in [1.165, 1.54) is 5.56 Å². The second-order valence-electron chi connectivity index (χ2n) is 7.74. The van der Waals surface area contributed by atoms with Crippen LogP contribution in [0.4, 0.5) is 5.82 Å². The van der Waals surface area contributed by atoms with Gasteiger partial charge in [-0.3, -0.25) is 14.7 Å². The molecule has 0 radical (unpaired) electrons. The molecule has 0 amide bonds. The van der Waals surface area contributed by atoms with Crippen molar-refractivity contribution in [1.82, 2.24) is 14.9 Å². The Morgan fingerprint density at radius 3 is 2.65 bits per heavy atom. The fourth-order valence-corrected chi connectivity index (χ4v) is 3.71. The monoisotopic (exact) mass is 416 g/mol. The van der Waals surface area contributed by atoms with E-state index in [0.29, 0.717) is 11.4 Å². The quantitative estimate of drug-likeness (QED) is 0.440. The van der Waals surface area contributed by atoms with Gasteiger partial charge in [0.15, 0.2) is 5.78 Å². The highest BCUT2D eigenvalue weighted by Gasteiger charge is 2.14. The van der Waals surface area contributed by atoms with E-state index in [0.717, 1.165) is 61.8 Å². The van der Waals surface area contributed by atoms with Crippen LogP contribution in [0.2, 0.25) is 0 Å². The maximum Gasteiger partial charge on any atom is 0.163 e. The number of hydrogen-bond donors (Lipinski definition) is 1.